The van der Waals surface area contributed by atoms with Gasteiger partial charge in [-0.3, -0.25) is 0 Å². The van der Waals surface area contributed by atoms with E-state index in [4.69, 9.17) is 4.74 Å². The number of rotatable bonds is 9. The molecule has 0 radical (unpaired) electrons. The molecule has 18 heavy (non-hydrogen) atoms. The van der Waals surface area contributed by atoms with Crippen LogP contribution >= 0.6 is 0 Å². The molecule has 0 aliphatic heterocycles. The van der Waals surface area contributed by atoms with E-state index in [-0.39, 0.29) is 0 Å². The summed E-state index contributed by atoms with van der Waals surface area (Å²) in [7, 11) is 0. The maximum Gasteiger partial charge on any atom is 0.119 e. The van der Waals surface area contributed by atoms with E-state index in [1.54, 1.807) is 0 Å². The van der Waals surface area contributed by atoms with Crippen molar-refractivity contribution in [1.82, 2.24) is 5.32 Å². The number of benzene rings is 1. The first-order valence-electron chi connectivity index (χ1n) is 7.27. The number of hydrogen-bond acceptors (Lipinski definition) is 2. The van der Waals surface area contributed by atoms with Crippen LogP contribution in [0, 0.1) is 0 Å². The van der Waals surface area contributed by atoms with E-state index in [0.717, 1.165) is 18.9 Å². The minimum absolute atomic E-state index is 0.487. The molecule has 1 aromatic carbocycles. The van der Waals surface area contributed by atoms with Gasteiger partial charge in [0.1, 0.15) is 5.75 Å². The summed E-state index contributed by atoms with van der Waals surface area (Å²) in [6.07, 6.45) is 4.92. The van der Waals surface area contributed by atoms with Gasteiger partial charge in [0.25, 0.3) is 0 Å². The lowest BCUT2D eigenvalue weighted by molar-refractivity contribution is 0.340. The molecule has 0 spiro atoms. The van der Waals surface area contributed by atoms with Gasteiger partial charge in [0, 0.05) is 6.04 Å². The van der Waals surface area contributed by atoms with E-state index in [9.17, 15) is 0 Å². The Labute approximate surface area is 112 Å². The summed E-state index contributed by atoms with van der Waals surface area (Å²) in [6, 6.07) is 9.01. The van der Waals surface area contributed by atoms with Gasteiger partial charge in [-0.15, -0.1) is 0 Å². The summed E-state index contributed by atoms with van der Waals surface area (Å²) in [5.41, 5.74) is 1.38. The molecule has 1 rings (SSSR count). The largest absolute Gasteiger partial charge is 0.494 e. The standard InChI is InChI=1S/C16H27NO/c1-4-7-8-16(17-13-5-2)14-9-11-15(12-10-14)18-6-3/h9-12,16-17H,4-8,13H2,1-3H3. The van der Waals surface area contributed by atoms with Gasteiger partial charge >= 0.3 is 0 Å². The van der Waals surface area contributed by atoms with Gasteiger partial charge < -0.3 is 10.1 Å². The number of nitrogens with one attached hydrogen (secondary N) is 1. The van der Waals surface area contributed by atoms with Crippen molar-refractivity contribution in [2.45, 2.75) is 52.5 Å². The summed E-state index contributed by atoms with van der Waals surface area (Å²) in [6.45, 7) is 8.28. The van der Waals surface area contributed by atoms with E-state index >= 15 is 0 Å². The van der Waals surface area contributed by atoms with Gasteiger partial charge in [0.15, 0.2) is 0 Å². The highest BCUT2D eigenvalue weighted by atomic mass is 16.5. The predicted molar refractivity (Wildman–Crippen MR) is 78.2 cm³/mol. The summed E-state index contributed by atoms with van der Waals surface area (Å²) in [4.78, 5) is 0. The minimum atomic E-state index is 0.487. The molecule has 0 aliphatic carbocycles. The third kappa shape index (κ3) is 5.09. The third-order valence-corrected chi connectivity index (χ3v) is 3.08. The first-order chi connectivity index (χ1) is 8.81. The molecule has 2 heteroatoms. The van der Waals surface area contributed by atoms with Crippen molar-refractivity contribution in [3.63, 3.8) is 0 Å². The van der Waals surface area contributed by atoms with E-state index in [0.29, 0.717) is 6.04 Å². The van der Waals surface area contributed by atoms with Gasteiger partial charge in [0.05, 0.1) is 6.61 Å². The Morgan fingerprint density at radius 2 is 1.78 bits per heavy atom. The molecule has 1 N–H and O–H groups in total. The number of unbranched alkanes of at least 4 members (excludes halogenated alkanes) is 1. The van der Waals surface area contributed by atoms with Crippen LogP contribution in [0.4, 0.5) is 0 Å². The fourth-order valence-corrected chi connectivity index (χ4v) is 2.08. The second kappa shape index (κ2) is 8.98. The second-order valence-corrected chi connectivity index (χ2v) is 4.65. The van der Waals surface area contributed by atoms with Crippen molar-refractivity contribution < 1.29 is 4.74 Å². The molecule has 0 aromatic heterocycles. The SMILES string of the molecule is CCCCC(NCCC)c1ccc(OCC)cc1. The first-order valence-corrected chi connectivity index (χ1v) is 7.27. The van der Waals surface area contributed by atoms with Crippen molar-refractivity contribution >= 4 is 0 Å². The van der Waals surface area contributed by atoms with Crippen molar-refractivity contribution in [1.29, 1.82) is 0 Å². The zero-order valence-electron chi connectivity index (χ0n) is 12.0. The van der Waals surface area contributed by atoms with Crippen molar-refractivity contribution in [3.8, 4) is 5.75 Å². The van der Waals surface area contributed by atoms with Gasteiger partial charge in [-0.25, -0.2) is 0 Å². The van der Waals surface area contributed by atoms with Crippen LogP contribution in [0.3, 0.4) is 0 Å². The van der Waals surface area contributed by atoms with Gasteiger partial charge in [-0.1, -0.05) is 38.8 Å². The van der Waals surface area contributed by atoms with Crippen LogP contribution in [0.1, 0.15) is 58.1 Å². The number of ether oxygens (including phenoxy) is 1. The van der Waals surface area contributed by atoms with Crippen LogP contribution < -0.4 is 10.1 Å². The molecule has 2 nitrogen and oxygen atoms in total. The monoisotopic (exact) mass is 249 g/mol. The zero-order valence-corrected chi connectivity index (χ0v) is 12.0. The molecule has 0 amide bonds. The maximum absolute atomic E-state index is 5.48. The molecule has 0 aliphatic rings. The zero-order chi connectivity index (χ0) is 13.2. The van der Waals surface area contributed by atoms with Crippen LogP contribution in [0.25, 0.3) is 0 Å². The average molecular weight is 249 g/mol. The molecule has 0 bridgehead atoms. The highest BCUT2D eigenvalue weighted by Gasteiger charge is 2.09. The van der Waals surface area contributed by atoms with Crippen LogP contribution in [0.5, 0.6) is 5.75 Å². The molecular weight excluding hydrogens is 222 g/mol. The van der Waals surface area contributed by atoms with Crippen LogP contribution in [-0.4, -0.2) is 13.2 Å². The minimum Gasteiger partial charge on any atom is -0.494 e. The molecule has 1 aromatic rings. The first kappa shape index (κ1) is 15.0. The Balaban J connectivity index is 2.64. The van der Waals surface area contributed by atoms with Crippen LogP contribution in [-0.2, 0) is 0 Å². The fraction of sp³-hybridized carbons (Fsp3) is 0.625. The fourth-order valence-electron chi connectivity index (χ4n) is 2.08. The lowest BCUT2D eigenvalue weighted by Gasteiger charge is -2.19. The van der Waals surface area contributed by atoms with Gasteiger partial charge in [-0.05, 0) is 44.0 Å². The average Bonchev–Trinajstić information content (AvgIpc) is 2.41. The van der Waals surface area contributed by atoms with Gasteiger partial charge in [-0.2, -0.15) is 0 Å². The van der Waals surface area contributed by atoms with Crippen LogP contribution in [0.15, 0.2) is 24.3 Å². The van der Waals surface area contributed by atoms with E-state index in [2.05, 4.69) is 43.4 Å². The topological polar surface area (TPSA) is 21.3 Å². The molecule has 1 unspecified atom stereocenters. The Kier molecular flexibility index (Phi) is 7.51. The molecule has 102 valence electrons. The highest BCUT2D eigenvalue weighted by Crippen LogP contribution is 2.22. The molecule has 0 fully saturated rings. The molecular formula is C16H27NO. The normalized spacial score (nSPS) is 12.4. The molecule has 0 saturated heterocycles. The Morgan fingerprint density at radius 1 is 1.06 bits per heavy atom. The lowest BCUT2D eigenvalue weighted by atomic mass is 10.0. The van der Waals surface area contributed by atoms with E-state index in [1.807, 2.05) is 6.92 Å². The summed E-state index contributed by atoms with van der Waals surface area (Å²) in [5, 5.41) is 3.63. The smallest absolute Gasteiger partial charge is 0.119 e. The Hall–Kier alpha value is -1.02. The summed E-state index contributed by atoms with van der Waals surface area (Å²) >= 11 is 0. The van der Waals surface area contributed by atoms with Gasteiger partial charge in [0.2, 0.25) is 0 Å². The lowest BCUT2D eigenvalue weighted by Crippen LogP contribution is -2.22. The maximum atomic E-state index is 5.48. The van der Waals surface area contributed by atoms with Crippen molar-refractivity contribution in [3.05, 3.63) is 29.8 Å². The van der Waals surface area contributed by atoms with Crippen LogP contribution in [0.2, 0.25) is 0 Å². The molecule has 0 heterocycles. The van der Waals surface area contributed by atoms with E-state index in [1.165, 1.54) is 31.2 Å². The Bertz CT molecular complexity index is 299. The quantitative estimate of drug-likeness (QED) is 0.704. The third-order valence-electron chi connectivity index (χ3n) is 3.08. The predicted octanol–water partition coefficient (Wildman–Crippen LogP) is 4.32. The molecule has 1 atom stereocenters. The summed E-state index contributed by atoms with van der Waals surface area (Å²) in [5.74, 6) is 0.964. The van der Waals surface area contributed by atoms with E-state index < -0.39 is 0 Å². The Morgan fingerprint density at radius 3 is 2.33 bits per heavy atom. The van der Waals surface area contributed by atoms with Crippen molar-refractivity contribution in [2.24, 2.45) is 0 Å². The van der Waals surface area contributed by atoms with Crippen molar-refractivity contribution in [2.75, 3.05) is 13.2 Å². The number of hydrogen-bond donors (Lipinski definition) is 1. The second-order valence-electron chi connectivity index (χ2n) is 4.65. The summed E-state index contributed by atoms with van der Waals surface area (Å²) < 4.78 is 5.48. The highest BCUT2D eigenvalue weighted by molar-refractivity contribution is 5.29. The molecule has 0 saturated carbocycles.